The van der Waals surface area contributed by atoms with Gasteiger partial charge in [0.15, 0.2) is 12.3 Å². The highest BCUT2D eigenvalue weighted by atomic mass is 32.2. The summed E-state index contributed by atoms with van der Waals surface area (Å²) in [6.45, 7) is 5.96. The second-order valence-electron chi connectivity index (χ2n) is 11.6. The minimum Gasteiger partial charge on any atom is -0.508 e. The van der Waals surface area contributed by atoms with Gasteiger partial charge in [-0.1, -0.05) is 41.4 Å². The van der Waals surface area contributed by atoms with Crippen LogP contribution in [0.25, 0.3) is 5.57 Å². The van der Waals surface area contributed by atoms with Crippen LogP contribution in [0, 0.1) is 0 Å². The molecule has 272 valence electrons. The standard InChI is InChI=1S/C37H36N2O10S3/c1-3-38(24-26-7-5-9-33(21-26)51(42,43)44)30-15-11-28(12-16-30)37(35-20-19-32(40)23-36(35)50-49-48-41)29-13-17-31(18-14-29)39(4-2)25-27-8-6-10-34(22-27)52(45,46)47/h5-23H,3-4,24-25H2,1-2H3,(H3,41,42,43,44,45,46,47)/p+1. The number of nitrogens with zero attached hydrogens (tertiary/aromatic N) is 2. The lowest BCUT2D eigenvalue weighted by atomic mass is 9.90. The van der Waals surface area contributed by atoms with E-state index in [0.717, 1.165) is 40.2 Å². The van der Waals surface area contributed by atoms with E-state index in [-0.39, 0.29) is 15.5 Å². The summed E-state index contributed by atoms with van der Waals surface area (Å²) in [4.78, 5) is 2.17. The lowest BCUT2D eigenvalue weighted by Crippen LogP contribution is -2.22. The highest BCUT2D eigenvalue weighted by molar-refractivity contribution is 7.94. The summed E-state index contributed by atoms with van der Waals surface area (Å²) in [6, 6.07) is 24.9. The Balaban J connectivity index is 1.53. The number of rotatable bonds is 14. The fourth-order valence-corrected chi connectivity index (χ4v) is 7.45. The van der Waals surface area contributed by atoms with Crippen LogP contribution in [-0.4, -0.2) is 59.7 Å². The molecule has 0 aliphatic heterocycles. The van der Waals surface area contributed by atoms with Gasteiger partial charge in [0.1, 0.15) is 12.3 Å². The maximum atomic E-state index is 11.7. The van der Waals surface area contributed by atoms with E-state index in [0.29, 0.717) is 47.8 Å². The van der Waals surface area contributed by atoms with Gasteiger partial charge in [-0.05, 0) is 108 Å². The highest BCUT2D eigenvalue weighted by Crippen LogP contribution is 2.38. The van der Waals surface area contributed by atoms with E-state index in [1.54, 1.807) is 36.4 Å². The molecule has 1 aliphatic carbocycles. The van der Waals surface area contributed by atoms with Crippen LogP contribution in [0.3, 0.4) is 0 Å². The minimum atomic E-state index is -4.34. The lowest BCUT2D eigenvalue weighted by molar-refractivity contribution is -0.539. The third-order valence-corrected chi connectivity index (χ3v) is 10.7. The first kappa shape index (κ1) is 38.6. The van der Waals surface area contributed by atoms with E-state index in [1.807, 2.05) is 62.4 Å². The average Bonchev–Trinajstić information content (AvgIpc) is 3.13. The highest BCUT2D eigenvalue weighted by Gasteiger charge is 2.20. The van der Waals surface area contributed by atoms with Gasteiger partial charge >= 0.3 is 0 Å². The zero-order valence-electron chi connectivity index (χ0n) is 28.2. The molecular formula is C37H37N2O10S3+. The molecule has 0 fully saturated rings. The Bertz CT molecular complexity index is 2260. The van der Waals surface area contributed by atoms with Crippen molar-refractivity contribution in [3.8, 4) is 5.75 Å². The van der Waals surface area contributed by atoms with Crippen molar-refractivity contribution in [2.24, 2.45) is 0 Å². The number of phenols is 1. The molecule has 0 saturated carbocycles. The van der Waals surface area contributed by atoms with Crippen LogP contribution in [0.15, 0.2) is 136 Å². The average molecular weight is 766 g/mol. The van der Waals surface area contributed by atoms with E-state index >= 15 is 0 Å². The van der Waals surface area contributed by atoms with Crippen LogP contribution in [0.1, 0.15) is 36.1 Å². The van der Waals surface area contributed by atoms with Crippen molar-refractivity contribution in [3.05, 3.63) is 143 Å². The predicted octanol–water partition coefficient (Wildman–Crippen LogP) is 6.94. The van der Waals surface area contributed by atoms with Crippen molar-refractivity contribution < 1.29 is 50.3 Å². The first-order chi connectivity index (χ1) is 24.8. The van der Waals surface area contributed by atoms with Gasteiger partial charge in [-0.25, -0.2) is 9.83 Å². The van der Waals surface area contributed by atoms with Crippen LogP contribution >= 0.6 is 12.0 Å². The third-order valence-electron chi connectivity index (χ3n) is 8.33. The SMILES string of the molecule is CCN(Cc1cccc(S(=O)(=O)O)c1)c1ccc(C(=C2C=CC(=[N+](CC)Cc3cccc(S(=O)(=O)O)c3)C=C2)c2ccc(O)cc2SOOO)cc1. The van der Waals surface area contributed by atoms with Gasteiger partial charge < -0.3 is 10.0 Å². The Kier molecular flexibility index (Phi) is 12.5. The molecule has 1 aliphatic rings. The van der Waals surface area contributed by atoms with Crippen molar-refractivity contribution >= 4 is 49.3 Å². The molecule has 0 atom stereocenters. The fourth-order valence-electron chi connectivity index (χ4n) is 5.81. The second kappa shape index (κ2) is 16.8. The van der Waals surface area contributed by atoms with Crippen molar-refractivity contribution in [1.82, 2.24) is 0 Å². The Hall–Kier alpha value is -4.58. The first-order valence-corrected chi connectivity index (χ1v) is 19.6. The van der Waals surface area contributed by atoms with E-state index < -0.39 is 20.2 Å². The summed E-state index contributed by atoms with van der Waals surface area (Å²) >= 11 is 0.720. The van der Waals surface area contributed by atoms with Crippen molar-refractivity contribution in [2.75, 3.05) is 18.0 Å². The summed E-state index contributed by atoms with van der Waals surface area (Å²) in [5.74, 6) is -0.0221. The van der Waals surface area contributed by atoms with Crippen molar-refractivity contribution in [3.63, 3.8) is 0 Å². The number of anilines is 1. The minimum absolute atomic E-state index is 0.0221. The smallest absolute Gasteiger partial charge is 0.294 e. The van der Waals surface area contributed by atoms with Gasteiger partial charge in [-0.3, -0.25) is 9.11 Å². The molecule has 0 heterocycles. The molecule has 15 heteroatoms. The number of benzene rings is 4. The molecule has 4 aromatic rings. The van der Waals surface area contributed by atoms with Crippen molar-refractivity contribution in [2.45, 2.75) is 41.6 Å². The zero-order chi connectivity index (χ0) is 37.5. The Morgan fingerprint density at radius 1 is 0.788 bits per heavy atom. The van der Waals surface area contributed by atoms with E-state index in [4.69, 9.17) is 9.59 Å². The molecule has 0 amide bonds. The molecule has 5 rings (SSSR count). The monoisotopic (exact) mass is 765 g/mol. The van der Waals surface area contributed by atoms with Crippen molar-refractivity contribution in [1.29, 1.82) is 0 Å². The summed E-state index contributed by atoms with van der Waals surface area (Å²) in [5.41, 5.74) is 6.22. The van der Waals surface area contributed by atoms with Gasteiger partial charge in [0, 0.05) is 36.5 Å². The molecule has 0 bridgehead atoms. The predicted molar refractivity (Wildman–Crippen MR) is 198 cm³/mol. The molecule has 0 spiro atoms. The number of hydrogen-bond acceptors (Lipinski definition) is 10. The molecule has 0 aromatic heterocycles. The summed E-state index contributed by atoms with van der Waals surface area (Å²) < 4.78 is 72.6. The van der Waals surface area contributed by atoms with Crippen LogP contribution in [0.5, 0.6) is 5.75 Å². The number of allylic oxidation sites excluding steroid dienone is 5. The van der Waals surface area contributed by atoms with Crippen LogP contribution in [0.2, 0.25) is 0 Å². The zero-order valence-corrected chi connectivity index (χ0v) is 30.6. The molecule has 12 nitrogen and oxygen atoms in total. The number of phenolic OH excluding ortho intramolecular Hbond substituents is 1. The first-order valence-electron chi connectivity index (χ1n) is 16.0. The van der Waals surface area contributed by atoms with Gasteiger partial charge in [0.25, 0.3) is 20.2 Å². The van der Waals surface area contributed by atoms with Gasteiger partial charge in [-0.15, -0.1) is 4.33 Å². The molecular weight excluding hydrogens is 729 g/mol. The molecule has 4 aromatic carbocycles. The Morgan fingerprint density at radius 2 is 1.40 bits per heavy atom. The molecule has 52 heavy (non-hydrogen) atoms. The quantitative estimate of drug-likeness (QED) is 0.0343. The second-order valence-corrected chi connectivity index (χ2v) is 15.2. The largest absolute Gasteiger partial charge is 0.508 e. The summed E-state index contributed by atoms with van der Waals surface area (Å²) in [7, 11) is -8.69. The van der Waals surface area contributed by atoms with Crippen LogP contribution < -0.4 is 4.90 Å². The van der Waals surface area contributed by atoms with Crippen LogP contribution in [-0.2, 0) is 42.7 Å². The number of hydrogen-bond donors (Lipinski definition) is 4. The van der Waals surface area contributed by atoms with E-state index in [9.17, 15) is 31.0 Å². The molecule has 0 saturated heterocycles. The van der Waals surface area contributed by atoms with E-state index in [2.05, 4.69) is 14.5 Å². The molecule has 0 radical (unpaired) electrons. The number of aromatic hydroxyl groups is 1. The van der Waals surface area contributed by atoms with E-state index in [1.165, 1.54) is 30.3 Å². The normalized spacial score (nSPS) is 13.0. The summed E-state index contributed by atoms with van der Waals surface area (Å²) in [6.07, 6.45) is 7.78. The van der Waals surface area contributed by atoms with Gasteiger partial charge in [0.2, 0.25) is 0 Å². The Morgan fingerprint density at radius 3 is 1.98 bits per heavy atom. The maximum Gasteiger partial charge on any atom is 0.294 e. The topological polar surface area (TPSA) is 174 Å². The van der Waals surface area contributed by atoms with Crippen LogP contribution in [0.4, 0.5) is 5.69 Å². The molecule has 4 N–H and O–H groups in total. The summed E-state index contributed by atoms with van der Waals surface area (Å²) in [5, 5.41) is 23.0. The maximum absolute atomic E-state index is 11.7. The lowest BCUT2D eigenvalue weighted by Gasteiger charge is -2.24. The Labute approximate surface area is 306 Å². The van der Waals surface area contributed by atoms with Gasteiger partial charge in [0.05, 0.1) is 26.7 Å². The fraction of sp³-hybridized carbons (Fsp3) is 0.162. The molecule has 0 unspecified atom stereocenters. The van der Waals surface area contributed by atoms with Gasteiger partial charge in [-0.2, -0.15) is 16.8 Å². The third kappa shape index (κ3) is 9.64.